The second-order valence-electron chi connectivity index (χ2n) is 4.96. The number of carbonyl (C=O) groups is 1. The van der Waals surface area contributed by atoms with Crippen molar-refractivity contribution in [3.8, 4) is 11.1 Å². The van der Waals surface area contributed by atoms with Crippen molar-refractivity contribution < 1.29 is 4.79 Å². The van der Waals surface area contributed by atoms with Crippen LogP contribution >= 0.6 is 0 Å². The smallest absolute Gasteiger partial charge is 0.221 e. The lowest BCUT2D eigenvalue weighted by Crippen LogP contribution is -2.05. The van der Waals surface area contributed by atoms with E-state index in [0.29, 0.717) is 0 Å². The Bertz CT molecular complexity index is 787. The molecule has 3 aromatic rings. The summed E-state index contributed by atoms with van der Waals surface area (Å²) in [5.74, 6) is -0.0592. The maximum atomic E-state index is 11.2. The molecule has 0 spiro atoms. The molecular weight excluding hydrogens is 248 g/mol. The minimum Gasteiger partial charge on any atom is -0.360 e. The van der Waals surface area contributed by atoms with Crippen molar-refractivity contribution in [2.45, 2.75) is 13.8 Å². The molecule has 2 aromatic carbocycles. The Kier molecular flexibility index (Phi) is 3.03. The van der Waals surface area contributed by atoms with E-state index in [0.717, 1.165) is 22.3 Å². The summed E-state index contributed by atoms with van der Waals surface area (Å²) in [6.07, 6.45) is 2.02. The van der Waals surface area contributed by atoms with Crippen LogP contribution in [0.2, 0.25) is 0 Å². The van der Waals surface area contributed by atoms with Gasteiger partial charge in [0.2, 0.25) is 5.91 Å². The number of rotatable bonds is 2. The van der Waals surface area contributed by atoms with E-state index in [1.54, 1.807) is 0 Å². The largest absolute Gasteiger partial charge is 0.360 e. The SMILES string of the molecule is CC(=O)Nc1cccc(-c2cccc3c(C)c[nH]c23)c1. The molecule has 0 saturated carbocycles. The number of hydrogen-bond acceptors (Lipinski definition) is 1. The molecule has 2 N–H and O–H groups in total. The number of hydrogen-bond donors (Lipinski definition) is 2. The predicted octanol–water partition coefficient (Wildman–Crippen LogP) is 4.10. The number of para-hydroxylation sites is 1. The highest BCUT2D eigenvalue weighted by Crippen LogP contribution is 2.30. The third-order valence-electron chi connectivity index (χ3n) is 3.42. The Morgan fingerprint density at radius 2 is 1.95 bits per heavy atom. The van der Waals surface area contributed by atoms with Gasteiger partial charge in [-0.3, -0.25) is 4.79 Å². The molecule has 0 aliphatic rings. The molecule has 0 fully saturated rings. The molecule has 20 heavy (non-hydrogen) atoms. The van der Waals surface area contributed by atoms with Gasteiger partial charge in [-0.25, -0.2) is 0 Å². The molecule has 3 rings (SSSR count). The maximum Gasteiger partial charge on any atom is 0.221 e. The van der Waals surface area contributed by atoms with Gasteiger partial charge in [-0.05, 0) is 30.2 Å². The second kappa shape index (κ2) is 4.85. The van der Waals surface area contributed by atoms with E-state index in [9.17, 15) is 4.79 Å². The molecule has 3 nitrogen and oxygen atoms in total. The van der Waals surface area contributed by atoms with Crippen LogP contribution in [-0.2, 0) is 4.79 Å². The number of carbonyl (C=O) groups excluding carboxylic acids is 1. The van der Waals surface area contributed by atoms with Gasteiger partial charge in [0.15, 0.2) is 0 Å². The van der Waals surface area contributed by atoms with Crippen LogP contribution in [0.15, 0.2) is 48.7 Å². The zero-order chi connectivity index (χ0) is 14.1. The normalized spacial score (nSPS) is 10.7. The average Bonchev–Trinajstić information content (AvgIpc) is 2.80. The van der Waals surface area contributed by atoms with Gasteiger partial charge >= 0.3 is 0 Å². The zero-order valence-corrected chi connectivity index (χ0v) is 11.5. The van der Waals surface area contributed by atoms with Crippen molar-refractivity contribution in [3.05, 3.63) is 54.2 Å². The molecule has 0 aliphatic carbocycles. The molecule has 0 saturated heterocycles. The number of fused-ring (bicyclic) bond motifs is 1. The van der Waals surface area contributed by atoms with Crippen molar-refractivity contribution in [2.24, 2.45) is 0 Å². The molecule has 1 heterocycles. The van der Waals surface area contributed by atoms with Crippen molar-refractivity contribution in [1.82, 2.24) is 4.98 Å². The lowest BCUT2D eigenvalue weighted by atomic mass is 10.0. The zero-order valence-electron chi connectivity index (χ0n) is 11.5. The fourth-order valence-corrected chi connectivity index (χ4v) is 2.50. The summed E-state index contributed by atoms with van der Waals surface area (Å²) in [5.41, 5.74) is 5.41. The first kappa shape index (κ1) is 12.5. The third-order valence-corrected chi connectivity index (χ3v) is 3.42. The van der Waals surface area contributed by atoms with Gasteiger partial charge in [0.1, 0.15) is 0 Å². The van der Waals surface area contributed by atoms with Gasteiger partial charge in [0.25, 0.3) is 0 Å². The monoisotopic (exact) mass is 264 g/mol. The van der Waals surface area contributed by atoms with Crippen LogP contribution in [0.1, 0.15) is 12.5 Å². The van der Waals surface area contributed by atoms with E-state index in [-0.39, 0.29) is 5.91 Å². The first-order valence-electron chi connectivity index (χ1n) is 6.60. The molecule has 0 unspecified atom stereocenters. The molecule has 0 aliphatic heterocycles. The minimum absolute atomic E-state index is 0.0592. The summed E-state index contributed by atoms with van der Waals surface area (Å²) in [6, 6.07) is 14.2. The van der Waals surface area contributed by atoms with Crippen LogP contribution in [0.4, 0.5) is 5.69 Å². The Morgan fingerprint density at radius 3 is 2.75 bits per heavy atom. The van der Waals surface area contributed by atoms with Crippen molar-refractivity contribution in [3.63, 3.8) is 0 Å². The molecule has 100 valence electrons. The highest BCUT2D eigenvalue weighted by Gasteiger charge is 2.07. The van der Waals surface area contributed by atoms with Gasteiger partial charge < -0.3 is 10.3 Å². The first-order valence-corrected chi connectivity index (χ1v) is 6.60. The number of H-pyrrole nitrogens is 1. The van der Waals surface area contributed by atoms with Gasteiger partial charge in [-0.1, -0.05) is 30.3 Å². The topological polar surface area (TPSA) is 44.9 Å². The Balaban J connectivity index is 2.13. The van der Waals surface area contributed by atoms with Crippen LogP contribution in [-0.4, -0.2) is 10.9 Å². The van der Waals surface area contributed by atoms with Crippen molar-refractivity contribution in [2.75, 3.05) is 5.32 Å². The molecule has 0 radical (unpaired) electrons. The van der Waals surface area contributed by atoms with Crippen LogP contribution in [0.5, 0.6) is 0 Å². The fourth-order valence-electron chi connectivity index (χ4n) is 2.50. The summed E-state index contributed by atoms with van der Waals surface area (Å²) >= 11 is 0. The molecule has 1 amide bonds. The molecule has 0 bridgehead atoms. The van der Waals surface area contributed by atoms with Gasteiger partial charge in [-0.2, -0.15) is 0 Å². The van der Waals surface area contributed by atoms with Gasteiger partial charge in [-0.15, -0.1) is 0 Å². The Morgan fingerprint density at radius 1 is 1.15 bits per heavy atom. The number of nitrogens with one attached hydrogen (secondary N) is 2. The Labute approximate surface area is 117 Å². The van der Waals surface area contributed by atoms with Crippen LogP contribution in [0.3, 0.4) is 0 Å². The summed E-state index contributed by atoms with van der Waals surface area (Å²) in [4.78, 5) is 14.5. The summed E-state index contributed by atoms with van der Waals surface area (Å²) in [6.45, 7) is 3.61. The van der Waals surface area contributed by atoms with E-state index in [4.69, 9.17) is 0 Å². The molecule has 0 atom stereocenters. The third kappa shape index (κ3) is 2.18. The molecule has 3 heteroatoms. The van der Waals surface area contributed by atoms with Gasteiger partial charge in [0, 0.05) is 29.8 Å². The summed E-state index contributed by atoms with van der Waals surface area (Å²) < 4.78 is 0. The number of aromatic amines is 1. The molecule has 1 aromatic heterocycles. The number of aryl methyl sites for hydroxylation is 1. The van der Waals surface area contributed by atoms with E-state index in [2.05, 4.69) is 41.5 Å². The lowest BCUT2D eigenvalue weighted by molar-refractivity contribution is -0.114. The van der Waals surface area contributed by atoms with E-state index < -0.39 is 0 Å². The molecular formula is C17H16N2O. The van der Waals surface area contributed by atoms with Crippen molar-refractivity contribution >= 4 is 22.5 Å². The van der Waals surface area contributed by atoms with E-state index >= 15 is 0 Å². The lowest BCUT2D eigenvalue weighted by Gasteiger charge is -2.07. The van der Waals surface area contributed by atoms with Crippen LogP contribution in [0, 0.1) is 6.92 Å². The fraction of sp³-hybridized carbons (Fsp3) is 0.118. The quantitative estimate of drug-likeness (QED) is 0.719. The highest BCUT2D eigenvalue weighted by molar-refractivity contribution is 5.97. The first-order chi connectivity index (χ1) is 9.65. The van der Waals surface area contributed by atoms with Gasteiger partial charge in [0.05, 0.1) is 5.52 Å². The Hall–Kier alpha value is -2.55. The number of amides is 1. The predicted molar refractivity (Wildman–Crippen MR) is 82.8 cm³/mol. The minimum atomic E-state index is -0.0592. The average molecular weight is 264 g/mol. The number of benzene rings is 2. The second-order valence-corrected chi connectivity index (χ2v) is 4.96. The number of anilines is 1. The van der Waals surface area contributed by atoms with Crippen LogP contribution in [0.25, 0.3) is 22.0 Å². The number of aromatic nitrogens is 1. The van der Waals surface area contributed by atoms with E-state index in [1.807, 2.05) is 24.4 Å². The highest BCUT2D eigenvalue weighted by atomic mass is 16.1. The summed E-state index contributed by atoms with van der Waals surface area (Å²) in [5, 5.41) is 4.05. The summed E-state index contributed by atoms with van der Waals surface area (Å²) in [7, 11) is 0. The standard InChI is InChI=1S/C17H16N2O/c1-11-10-18-17-15(11)7-4-8-16(17)13-5-3-6-14(9-13)19-12(2)20/h3-10,18H,1-2H3,(H,19,20). The van der Waals surface area contributed by atoms with Crippen molar-refractivity contribution in [1.29, 1.82) is 0 Å². The van der Waals surface area contributed by atoms with Crippen LogP contribution < -0.4 is 5.32 Å². The maximum absolute atomic E-state index is 11.2. The van der Waals surface area contributed by atoms with E-state index in [1.165, 1.54) is 17.9 Å².